The molecular weight excluding hydrogens is 488 g/mol. The molecule has 0 radical (unpaired) electrons. The normalized spacial score (nSPS) is 11.3. The van der Waals surface area contributed by atoms with E-state index in [4.69, 9.17) is 8.83 Å². The number of carbonyl (C=O) groups is 1. The summed E-state index contributed by atoms with van der Waals surface area (Å²) >= 11 is 0. The van der Waals surface area contributed by atoms with E-state index in [1.54, 1.807) is 54.6 Å². The van der Waals surface area contributed by atoms with E-state index in [2.05, 4.69) is 22.4 Å². The Labute approximate surface area is 222 Å². The van der Waals surface area contributed by atoms with Crippen LogP contribution in [0.15, 0.2) is 129 Å². The second kappa shape index (κ2) is 9.11. The molecule has 0 bridgehead atoms. The van der Waals surface area contributed by atoms with Gasteiger partial charge in [0, 0.05) is 22.2 Å². The number of nitrogens with one attached hydrogen (secondary N) is 1. The fourth-order valence-corrected chi connectivity index (χ4v) is 4.72. The molecule has 186 valence electrons. The number of benzene rings is 5. The van der Waals surface area contributed by atoms with Gasteiger partial charge in [-0.3, -0.25) is 4.79 Å². The molecule has 1 amide bonds. The van der Waals surface area contributed by atoms with Crippen molar-refractivity contribution in [2.24, 2.45) is 0 Å². The minimum atomic E-state index is -0.421. The number of rotatable bonds is 4. The van der Waals surface area contributed by atoms with Crippen molar-refractivity contribution in [1.82, 2.24) is 4.98 Å². The molecule has 6 heteroatoms. The average Bonchev–Trinajstić information content (AvgIpc) is 3.40. The Balaban J connectivity index is 1.12. The zero-order valence-corrected chi connectivity index (χ0v) is 20.5. The third-order valence-corrected chi connectivity index (χ3v) is 6.74. The first-order valence-corrected chi connectivity index (χ1v) is 12.5. The Morgan fingerprint density at radius 2 is 1.38 bits per heavy atom. The van der Waals surface area contributed by atoms with Gasteiger partial charge >= 0.3 is 5.63 Å². The molecule has 1 N–H and O–H groups in total. The van der Waals surface area contributed by atoms with E-state index in [0.717, 1.165) is 21.7 Å². The second-order valence-electron chi connectivity index (χ2n) is 9.28. The molecule has 5 aromatic carbocycles. The molecule has 6 nitrogen and oxygen atoms in total. The summed E-state index contributed by atoms with van der Waals surface area (Å²) in [6.45, 7) is 0. The number of fused-ring (bicyclic) bond motifs is 3. The highest BCUT2D eigenvalue weighted by atomic mass is 16.4. The molecule has 0 aliphatic heterocycles. The van der Waals surface area contributed by atoms with E-state index in [1.165, 1.54) is 0 Å². The van der Waals surface area contributed by atoms with Crippen molar-refractivity contribution < 1.29 is 13.6 Å². The highest BCUT2D eigenvalue weighted by Gasteiger charge is 2.13. The van der Waals surface area contributed by atoms with Crippen LogP contribution in [0, 0.1) is 0 Å². The van der Waals surface area contributed by atoms with Crippen LogP contribution in [0.5, 0.6) is 0 Å². The maximum Gasteiger partial charge on any atom is 0.344 e. The number of nitrogens with zero attached hydrogens (tertiary/aromatic N) is 1. The fourth-order valence-electron chi connectivity index (χ4n) is 4.72. The molecule has 0 fully saturated rings. The van der Waals surface area contributed by atoms with Crippen LogP contribution in [-0.4, -0.2) is 10.9 Å². The van der Waals surface area contributed by atoms with Gasteiger partial charge in [-0.25, -0.2) is 9.78 Å². The van der Waals surface area contributed by atoms with Gasteiger partial charge in [0.05, 0.1) is 5.56 Å². The highest BCUT2D eigenvalue weighted by Crippen LogP contribution is 2.29. The van der Waals surface area contributed by atoms with Crippen LogP contribution < -0.4 is 10.9 Å². The molecule has 0 aliphatic rings. The first kappa shape index (κ1) is 22.7. The Morgan fingerprint density at radius 1 is 0.641 bits per heavy atom. The lowest BCUT2D eigenvalue weighted by Gasteiger charge is -2.07. The molecule has 2 heterocycles. The van der Waals surface area contributed by atoms with Crippen molar-refractivity contribution in [2.75, 3.05) is 5.32 Å². The first-order valence-electron chi connectivity index (χ1n) is 12.5. The Bertz CT molecular complexity index is 2090. The van der Waals surface area contributed by atoms with Gasteiger partial charge in [0.15, 0.2) is 5.58 Å². The van der Waals surface area contributed by atoms with Crippen molar-refractivity contribution in [2.45, 2.75) is 0 Å². The van der Waals surface area contributed by atoms with Crippen molar-refractivity contribution in [3.05, 3.63) is 131 Å². The van der Waals surface area contributed by atoms with E-state index in [9.17, 15) is 9.59 Å². The number of aromatic nitrogens is 1. The SMILES string of the molecule is O=C(Nc1ccc2oc(-c3ccc4ccccc4c3)nc2c1)c1ccc(-c2cc3ccccc3oc2=O)cc1. The van der Waals surface area contributed by atoms with Gasteiger partial charge in [0.1, 0.15) is 11.1 Å². The lowest BCUT2D eigenvalue weighted by molar-refractivity contribution is 0.102. The van der Waals surface area contributed by atoms with Crippen LogP contribution in [0.3, 0.4) is 0 Å². The lowest BCUT2D eigenvalue weighted by Crippen LogP contribution is -2.11. The van der Waals surface area contributed by atoms with Gasteiger partial charge in [-0.2, -0.15) is 0 Å². The predicted molar refractivity (Wildman–Crippen MR) is 153 cm³/mol. The number of oxazole rings is 1. The van der Waals surface area contributed by atoms with E-state index < -0.39 is 5.63 Å². The minimum Gasteiger partial charge on any atom is -0.436 e. The maximum atomic E-state index is 13.0. The van der Waals surface area contributed by atoms with Crippen LogP contribution in [0.2, 0.25) is 0 Å². The Morgan fingerprint density at radius 3 is 2.23 bits per heavy atom. The van der Waals surface area contributed by atoms with Gasteiger partial charge in [-0.1, -0.05) is 60.7 Å². The van der Waals surface area contributed by atoms with E-state index in [-0.39, 0.29) is 5.91 Å². The molecular formula is C33H20N2O4. The van der Waals surface area contributed by atoms with Gasteiger partial charge in [0.2, 0.25) is 5.89 Å². The molecule has 39 heavy (non-hydrogen) atoms. The predicted octanol–water partition coefficient (Wildman–Crippen LogP) is 7.67. The molecule has 0 spiro atoms. The van der Waals surface area contributed by atoms with Gasteiger partial charge < -0.3 is 14.2 Å². The second-order valence-corrected chi connectivity index (χ2v) is 9.28. The van der Waals surface area contributed by atoms with Crippen LogP contribution >= 0.6 is 0 Å². The molecule has 0 saturated heterocycles. The Kier molecular flexibility index (Phi) is 5.30. The molecule has 0 atom stereocenters. The summed E-state index contributed by atoms with van der Waals surface area (Å²) in [5.74, 6) is 0.248. The number of amides is 1. The Hall–Kier alpha value is -5.49. The summed E-state index contributed by atoms with van der Waals surface area (Å²) < 4.78 is 11.4. The largest absolute Gasteiger partial charge is 0.436 e. The topological polar surface area (TPSA) is 85.3 Å². The molecule has 7 aromatic rings. The van der Waals surface area contributed by atoms with Crippen LogP contribution in [0.4, 0.5) is 5.69 Å². The zero-order valence-electron chi connectivity index (χ0n) is 20.5. The third-order valence-electron chi connectivity index (χ3n) is 6.74. The number of anilines is 1. The first-order chi connectivity index (χ1) is 19.1. The van der Waals surface area contributed by atoms with Crippen molar-refractivity contribution in [1.29, 1.82) is 0 Å². The summed E-state index contributed by atoms with van der Waals surface area (Å²) in [6, 6.07) is 35.6. The number of para-hydroxylation sites is 1. The van der Waals surface area contributed by atoms with Gasteiger partial charge in [0.25, 0.3) is 5.91 Å². The van der Waals surface area contributed by atoms with Crippen molar-refractivity contribution in [3.63, 3.8) is 0 Å². The summed E-state index contributed by atoms with van der Waals surface area (Å²) in [7, 11) is 0. The molecule has 0 unspecified atom stereocenters. The van der Waals surface area contributed by atoms with Crippen LogP contribution in [0.25, 0.3) is 55.4 Å². The lowest BCUT2D eigenvalue weighted by atomic mass is 10.0. The number of hydrogen-bond acceptors (Lipinski definition) is 5. The molecule has 0 saturated carbocycles. The number of carbonyl (C=O) groups excluding carboxylic acids is 1. The average molecular weight is 509 g/mol. The van der Waals surface area contributed by atoms with E-state index >= 15 is 0 Å². The zero-order chi connectivity index (χ0) is 26.3. The quantitative estimate of drug-likeness (QED) is 0.247. The maximum absolute atomic E-state index is 13.0. The standard InChI is InChI=1S/C33H20N2O4/c36-31(22-12-10-21(11-13-22)27-18-24-7-3-4-8-29(24)39-33(27)37)34-26-15-16-30-28(19-26)35-32(38-30)25-14-9-20-5-1-2-6-23(20)17-25/h1-19H,(H,34,36). The monoisotopic (exact) mass is 508 g/mol. The van der Waals surface area contributed by atoms with Gasteiger partial charge in [-0.15, -0.1) is 0 Å². The van der Waals surface area contributed by atoms with Crippen LogP contribution in [0.1, 0.15) is 10.4 Å². The highest BCUT2D eigenvalue weighted by molar-refractivity contribution is 6.05. The summed E-state index contributed by atoms with van der Waals surface area (Å²) in [4.78, 5) is 30.1. The minimum absolute atomic E-state index is 0.273. The summed E-state index contributed by atoms with van der Waals surface area (Å²) in [6.07, 6.45) is 0. The smallest absolute Gasteiger partial charge is 0.344 e. The van der Waals surface area contributed by atoms with E-state index in [0.29, 0.717) is 45.0 Å². The van der Waals surface area contributed by atoms with E-state index in [1.807, 2.05) is 48.5 Å². The third kappa shape index (κ3) is 4.24. The van der Waals surface area contributed by atoms with Crippen molar-refractivity contribution in [3.8, 4) is 22.6 Å². The summed E-state index contributed by atoms with van der Waals surface area (Å²) in [5.41, 5.74) is 4.47. The molecule has 0 aliphatic carbocycles. The molecule has 2 aromatic heterocycles. The number of hydrogen-bond donors (Lipinski definition) is 1. The van der Waals surface area contributed by atoms with Crippen LogP contribution in [-0.2, 0) is 0 Å². The summed E-state index contributed by atoms with van der Waals surface area (Å²) in [5, 5.41) is 6.01. The van der Waals surface area contributed by atoms with Crippen molar-refractivity contribution >= 4 is 44.4 Å². The molecule has 7 rings (SSSR count). The fraction of sp³-hybridized carbons (Fsp3) is 0. The van der Waals surface area contributed by atoms with Gasteiger partial charge in [-0.05, 0) is 70.9 Å².